The molecule has 63 heavy (non-hydrogen) atoms. The minimum absolute atomic E-state index is 0.231. The lowest BCUT2D eigenvalue weighted by atomic mass is 10.0. The number of hydrogen-bond donors (Lipinski definition) is 1. The van der Waals surface area contributed by atoms with Crippen LogP contribution in [0.4, 0.5) is 0 Å². The highest BCUT2D eigenvalue weighted by molar-refractivity contribution is 7.47. The molecule has 0 saturated heterocycles. The van der Waals surface area contributed by atoms with Crippen molar-refractivity contribution in [3.05, 3.63) is 72.9 Å². The van der Waals surface area contributed by atoms with Crippen LogP contribution in [0.2, 0.25) is 0 Å². The van der Waals surface area contributed by atoms with Gasteiger partial charge in [0.1, 0.15) is 6.61 Å². The van der Waals surface area contributed by atoms with E-state index in [9.17, 15) is 19.0 Å². The first-order valence-electron chi connectivity index (χ1n) is 25.6. The van der Waals surface area contributed by atoms with Crippen molar-refractivity contribution < 1.29 is 37.6 Å². The maximum atomic E-state index is 12.6. The van der Waals surface area contributed by atoms with Crippen LogP contribution in [-0.2, 0) is 32.7 Å². The zero-order valence-electron chi connectivity index (χ0n) is 40.7. The second-order valence-corrected chi connectivity index (χ2v) is 18.5. The fraction of sp³-hybridized carbons (Fsp3) is 0.741. The molecule has 0 bridgehead atoms. The van der Waals surface area contributed by atoms with Gasteiger partial charge in [-0.25, -0.2) is 4.57 Å². The molecule has 0 aliphatic carbocycles. The van der Waals surface area contributed by atoms with Gasteiger partial charge >= 0.3 is 19.8 Å². The third kappa shape index (κ3) is 48.8. The van der Waals surface area contributed by atoms with Crippen LogP contribution >= 0.6 is 7.82 Å². The van der Waals surface area contributed by atoms with Crippen LogP contribution in [0.5, 0.6) is 0 Å². The van der Waals surface area contributed by atoms with Crippen molar-refractivity contribution in [2.45, 2.75) is 238 Å². The van der Waals surface area contributed by atoms with Crippen molar-refractivity contribution in [2.75, 3.05) is 20.3 Å². The van der Waals surface area contributed by atoms with E-state index >= 15 is 0 Å². The minimum atomic E-state index is -4.27. The molecule has 0 aromatic heterocycles. The molecular formula is C54H95O8P. The molecule has 0 radical (unpaired) electrons. The van der Waals surface area contributed by atoms with Crippen molar-refractivity contribution in [2.24, 2.45) is 0 Å². The van der Waals surface area contributed by atoms with E-state index in [-0.39, 0.29) is 25.4 Å². The van der Waals surface area contributed by atoms with E-state index < -0.39 is 26.5 Å². The van der Waals surface area contributed by atoms with Gasteiger partial charge in [-0.3, -0.25) is 18.6 Å². The fourth-order valence-electron chi connectivity index (χ4n) is 7.03. The lowest BCUT2D eigenvalue weighted by Crippen LogP contribution is -2.29. The molecule has 0 aliphatic rings. The maximum absolute atomic E-state index is 12.6. The lowest BCUT2D eigenvalue weighted by molar-refractivity contribution is -0.161. The lowest BCUT2D eigenvalue weighted by Gasteiger charge is -2.19. The predicted molar refractivity (Wildman–Crippen MR) is 267 cm³/mol. The summed E-state index contributed by atoms with van der Waals surface area (Å²) in [6.07, 6.45) is 63.9. The summed E-state index contributed by atoms with van der Waals surface area (Å²) < 4.78 is 32.2. The average Bonchev–Trinajstić information content (AvgIpc) is 3.28. The molecule has 9 heteroatoms. The molecule has 364 valence electrons. The first-order chi connectivity index (χ1) is 30.8. The standard InChI is InChI=1S/C54H95O8P/c1-4-6-8-10-12-14-16-18-20-22-24-26-27-29-31-33-35-37-39-41-43-45-47-49-54(56)62-52(51-61-63(57,58)59-3)50-60-53(55)48-46-44-42-40-38-36-34-32-30-28-25-23-21-19-17-15-13-11-9-7-5-2/h6,8,12,14,17-20,23-26,52H,4-5,7,9-11,13,15-16,21-22,27-51H2,1-3H3,(H,57,58)/b8-6-,14-12-,19-17-,20-18-,25-23-,26-24-. The normalized spacial score (nSPS) is 13.8. The smallest absolute Gasteiger partial charge is 0.462 e. The van der Waals surface area contributed by atoms with Crippen LogP contribution in [0.1, 0.15) is 232 Å². The van der Waals surface area contributed by atoms with Gasteiger partial charge in [-0.15, -0.1) is 0 Å². The van der Waals surface area contributed by atoms with Crippen LogP contribution in [0.15, 0.2) is 72.9 Å². The van der Waals surface area contributed by atoms with Crippen LogP contribution < -0.4 is 0 Å². The molecule has 2 atom stereocenters. The topological polar surface area (TPSA) is 108 Å². The van der Waals surface area contributed by atoms with Gasteiger partial charge in [0.25, 0.3) is 0 Å². The van der Waals surface area contributed by atoms with Gasteiger partial charge < -0.3 is 14.4 Å². The Balaban J connectivity index is 3.93. The molecule has 8 nitrogen and oxygen atoms in total. The Morgan fingerprint density at radius 2 is 0.810 bits per heavy atom. The number of esters is 2. The first kappa shape index (κ1) is 60.5. The van der Waals surface area contributed by atoms with E-state index in [4.69, 9.17) is 14.0 Å². The van der Waals surface area contributed by atoms with Crippen LogP contribution in [0, 0.1) is 0 Å². The first-order valence-corrected chi connectivity index (χ1v) is 27.1. The average molecular weight is 903 g/mol. The zero-order valence-corrected chi connectivity index (χ0v) is 41.6. The second kappa shape index (κ2) is 48.9. The van der Waals surface area contributed by atoms with Gasteiger partial charge in [0, 0.05) is 20.0 Å². The van der Waals surface area contributed by atoms with Gasteiger partial charge in [0.05, 0.1) is 6.61 Å². The van der Waals surface area contributed by atoms with Gasteiger partial charge in [0.2, 0.25) is 0 Å². The van der Waals surface area contributed by atoms with Crippen LogP contribution in [0.3, 0.4) is 0 Å². The third-order valence-electron chi connectivity index (χ3n) is 10.9. The molecule has 0 aliphatic heterocycles. The van der Waals surface area contributed by atoms with Crippen molar-refractivity contribution >= 4 is 19.8 Å². The number of phosphoric ester groups is 1. The van der Waals surface area contributed by atoms with Gasteiger partial charge in [-0.1, -0.05) is 209 Å². The number of carbonyl (C=O) groups is 2. The maximum Gasteiger partial charge on any atom is 0.472 e. The number of carbonyl (C=O) groups excluding carboxylic acids is 2. The quantitative estimate of drug-likeness (QED) is 0.0278. The highest BCUT2D eigenvalue weighted by atomic mass is 31.2. The summed E-state index contributed by atoms with van der Waals surface area (Å²) in [5.41, 5.74) is 0. The molecular weight excluding hydrogens is 808 g/mol. The Hall–Kier alpha value is -2.51. The summed E-state index contributed by atoms with van der Waals surface area (Å²) in [7, 11) is -3.21. The fourth-order valence-corrected chi connectivity index (χ4v) is 7.49. The van der Waals surface area contributed by atoms with Gasteiger partial charge in [0.15, 0.2) is 6.10 Å². The van der Waals surface area contributed by atoms with E-state index in [0.717, 1.165) is 84.2 Å². The minimum Gasteiger partial charge on any atom is -0.462 e. The van der Waals surface area contributed by atoms with E-state index in [2.05, 4.69) is 91.3 Å². The van der Waals surface area contributed by atoms with E-state index in [0.29, 0.717) is 6.42 Å². The summed E-state index contributed by atoms with van der Waals surface area (Å²) in [5.74, 6) is -0.811. The summed E-state index contributed by atoms with van der Waals surface area (Å²) in [6, 6.07) is 0. The van der Waals surface area contributed by atoms with E-state index in [1.807, 2.05) is 0 Å². The molecule has 0 aromatic carbocycles. The Morgan fingerprint density at radius 3 is 1.21 bits per heavy atom. The molecule has 0 amide bonds. The molecule has 0 rings (SSSR count). The Labute approximate surface area is 387 Å². The molecule has 2 unspecified atom stereocenters. The summed E-state index contributed by atoms with van der Waals surface area (Å²) in [5, 5.41) is 0. The Bertz CT molecular complexity index is 1250. The molecule has 1 N–H and O–H groups in total. The summed E-state index contributed by atoms with van der Waals surface area (Å²) in [6.45, 7) is 3.78. The van der Waals surface area contributed by atoms with Crippen LogP contribution in [0.25, 0.3) is 0 Å². The second-order valence-electron chi connectivity index (χ2n) is 16.9. The molecule has 0 heterocycles. The Morgan fingerprint density at radius 1 is 0.460 bits per heavy atom. The monoisotopic (exact) mass is 903 g/mol. The number of phosphoric acid groups is 1. The van der Waals surface area contributed by atoms with Crippen LogP contribution in [-0.4, -0.2) is 43.3 Å². The SMILES string of the molecule is CC/C=C\C/C=C\C/C=C\C/C=C\CCCCCCCCCCCCC(=O)OC(COC(=O)CCCCCCCCCCC/C=C\C/C=C\CCCCCCC)COP(=O)(O)OC. The third-order valence-corrected chi connectivity index (χ3v) is 11.9. The van der Waals surface area contributed by atoms with Crippen molar-refractivity contribution in [3.63, 3.8) is 0 Å². The molecule has 0 aromatic rings. The number of rotatable bonds is 47. The van der Waals surface area contributed by atoms with Gasteiger partial charge in [-0.05, 0) is 83.5 Å². The highest BCUT2D eigenvalue weighted by Gasteiger charge is 2.24. The Kier molecular flexibility index (Phi) is 47.0. The predicted octanol–water partition coefficient (Wildman–Crippen LogP) is 16.8. The van der Waals surface area contributed by atoms with E-state index in [1.54, 1.807) is 0 Å². The highest BCUT2D eigenvalue weighted by Crippen LogP contribution is 2.42. The largest absolute Gasteiger partial charge is 0.472 e. The molecule has 0 spiro atoms. The number of unbranched alkanes of at least 4 members (excludes halogenated alkanes) is 24. The summed E-state index contributed by atoms with van der Waals surface area (Å²) in [4.78, 5) is 34.7. The number of allylic oxidation sites excluding steroid dienone is 12. The zero-order chi connectivity index (χ0) is 46.0. The summed E-state index contributed by atoms with van der Waals surface area (Å²) >= 11 is 0. The number of ether oxygens (including phenoxy) is 2. The van der Waals surface area contributed by atoms with Gasteiger partial charge in [-0.2, -0.15) is 0 Å². The van der Waals surface area contributed by atoms with E-state index in [1.165, 1.54) is 122 Å². The van der Waals surface area contributed by atoms with Crippen molar-refractivity contribution in [1.82, 2.24) is 0 Å². The van der Waals surface area contributed by atoms with Crippen molar-refractivity contribution in [3.8, 4) is 0 Å². The van der Waals surface area contributed by atoms with Crippen molar-refractivity contribution in [1.29, 1.82) is 0 Å². The number of hydrogen-bond acceptors (Lipinski definition) is 7. The molecule has 0 saturated carbocycles. The molecule has 0 fully saturated rings.